The van der Waals surface area contributed by atoms with Crippen molar-refractivity contribution in [2.24, 2.45) is 0 Å². The molecule has 2 aromatic carbocycles. The van der Waals surface area contributed by atoms with Gasteiger partial charge in [-0.3, -0.25) is 14.4 Å². The number of hydrogen-bond acceptors (Lipinski definition) is 4. The molecule has 1 amide bonds. The topological polar surface area (TPSA) is 52.7 Å². The van der Waals surface area contributed by atoms with Crippen LogP contribution in [-0.4, -0.2) is 46.9 Å². The minimum atomic E-state index is -1.54. The van der Waals surface area contributed by atoms with Gasteiger partial charge >= 0.3 is 0 Å². The van der Waals surface area contributed by atoms with Gasteiger partial charge in [0.1, 0.15) is 16.8 Å². The fraction of sp³-hybridized carbons (Fsp3) is 0.381. The first-order valence-electron chi connectivity index (χ1n) is 9.69. The lowest BCUT2D eigenvalue weighted by molar-refractivity contribution is 0.0979. The molecule has 0 spiro atoms. The van der Waals surface area contributed by atoms with Gasteiger partial charge < -0.3 is 4.90 Å². The molecule has 1 fully saturated rings. The van der Waals surface area contributed by atoms with Crippen molar-refractivity contribution in [1.29, 1.82) is 0 Å². The number of nitrogens with one attached hydrogen (secondary N) is 1. The van der Waals surface area contributed by atoms with E-state index in [9.17, 15) is 13.4 Å². The van der Waals surface area contributed by atoms with Gasteiger partial charge in [0.25, 0.3) is 5.91 Å². The second-order valence-electron chi connectivity index (χ2n) is 7.19. The number of nitrogens with zero attached hydrogens (tertiary/aromatic N) is 2. The van der Waals surface area contributed by atoms with Gasteiger partial charge in [0.15, 0.2) is 0 Å². The number of halogens is 3. The molecule has 1 atom stereocenters. The quantitative estimate of drug-likeness (QED) is 0.686. The summed E-state index contributed by atoms with van der Waals surface area (Å²) in [6.07, 6.45) is 0. The second-order valence-corrected chi connectivity index (χ2v) is 9.47. The minimum absolute atomic E-state index is 0.200. The van der Waals surface area contributed by atoms with Crippen LogP contribution in [0.25, 0.3) is 0 Å². The summed E-state index contributed by atoms with van der Waals surface area (Å²) in [5.74, 6) is -1.15. The van der Waals surface area contributed by atoms with E-state index in [0.717, 1.165) is 42.5 Å². The third-order valence-corrected chi connectivity index (χ3v) is 6.84. The summed E-state index contributed by atoms with van der Waals surface area (Å²) in [5, 5.41) is 1.08. The maximum atomic E-state index is 14.5. The molecule has 1 aliphatic rings. The molecule has 1 heterocycles. The highest BCUT2D eigenvalue weighted by molar-refractivity contribution is 7.83. The van der Waals surface area contributed by atoms with Gasteiger partial charge in [-0.1, -0.05) is 30.1 Å². The Hall–Kier alpha value is -1.67. The molecule has 30 heavy (non-hydrogen) atoms. The van der Waals surface area contributed by atoms with E-state index in [-0.39, 0.29) is 11.3 Å². The Morgan fingerprint density at radius 1 is 1.13 bits per heavy atom. The van der Waals surface area contributed by atoms with Gasteiger partial charge in [-0.2, -0.15) is 0 Å². The van der Waals surface area contributed by atoms with Gasteiger partial charge in [0.2, 0.25) is 0 Å². The highest BCUT2D eigenvalue weighted by Crippen LogP contribution is 2.26. The second kappa shape index (κ2) is 10.1. The predicted octanol–water partition coefficient (Wildman–Crippen LogP) is 4.18. The lowest BCUT2D eigenvalue weighted by Crippen LogP contribution is -2.46. The monoisotopic (exact) mass is 471 g/mol. The molecule has 162 valence electrons. The zero-order valence-electron chi connectivity index (χ0n) is 16.9. The molecule has 3 rings (SSSR count). The SMILES string of the molecule is CCS(=O)NC(=O)c1cc(Cl)c(CN2CCN(c3ccc(Cl)c(C)c3)CC2)cc1F. The summed E-state index contributed by atoms with van der Waals surface area (Å²) in [6.45, 7) is 7.43. The normalized spacial score (nSPS) is 15.8. The molecule has 0 aromatic heterocycles. The van der Waals surface area contributed by atoms with Crippen molar-refractivity contribution in [1.82, 2.24) is 9.62 Å². The Morgan fingerprint density at radius 3 is 2.47 bits per heavy atom. The third-order valence-electron chi connectivity index (χ3n) is 5.12. The average Bonchev–Trinajstić information content (AvgIpc) is 2.72. The van der Waals surface area contributed by atoms with E-state index < -0.39 is 22.7 Å². The van der Waals surface area contributed by atoms with Crippen molar-refractivity contribution in [2.45, 2.75) is 20.4 Å². The number of hydrogen-bond donors (Lipinski definition) is 1. The summed E-state index contributed by atoms with van der Waals surface area (Å²) in [5.41, 5.74) is 2.61. The number of anilines is 1. The van der Waals surface area contributed by atoms with Crippen LogP contribution < -0.4 is 9.62 Å². The molecule has 9 heteroatoms. The Morgan fingerprint density at radius 2 is 1.83 bits per heavy atom. The molecule has 0 aliphatic carbocycles. The van der Waals surface area contributed by atoms with Crippen LogP contribution in [0.4, 0.5) is 10.1 Å². The zero-order valence-corrected chi connectivity index (χ0v) is 19.2. The number of aryl methyl sites for hydroxylation is 1. The van der Waals surface area contributed by atoms with E-state index in [1.807, 2.05) is 19.1 Å². The number of carbonyl (C=O) groups excluding carboxylic acids is 1. The molecule has 0 radical (unpaired) electrons. The number of benzene rings is 2. The van der Waals surface area contributed by atoms with Crippen LogP contribution in [0.5, 0.6) is 0 Å². The van der Waals surface area contributed by atoms with Crippen LogP contribution in [0, 0.1) is 12.7 Å². The smallest absolute Gasteiger partial charge is 0.265 e. The standard InChI is InChI=1S/C21H24Cl2FN3O2S/c1-3-30(29)25-21(28)17-12-19(23)15(11-20(17)24)13-26-6-8-27(9-7-26)16-4-5-18(22)14(2)10-16/h4-5,10-12H,3,6-9,13H2,1-2H3,(H,25,28). The van der Waals surface area contributed by atoms with Crippen LogP contribution in [0.2, 0.25) is 10.0 Å². The van der Waals surface area contributed by atoms with Crippen LogP contribution in [0.1, 0.15) is 28.4 Å². The highest BCUT2D eigenvalue weighted by atomic mass is 35.5. The molecule has 5 nitrogen and oxygen atoms in total. The van der Waals surface area contributed by atoms with Crippen molar-refractivity contribution in [3.8, 4) is 0 Å². The zero-order chi connectivity index (χ0) is 21.8. The largest absolute Gasteiger partial charge is 0.369 e. The highest BCUT2D eigenvalue weighted by Gasteiger charge is 2.21. The molecule has 2 aromatic rings. The first kappa shape index (κ1) is 23.0. The Kier molecular flexibility index (Phi) is 7.74. The molecule has 1 unspecified atom stereocenters. The van der Waals surface area contributed by atoms with E-state index in [4.69, 9.17) is 23.2 Å². The van der Waals surface area contributed by atoms with Crippen LogP contribution in [0.3, 0.4) is 0 Å². The van der Waals surface area contributed by atoms with Crippen molar-refractivity contribution in [3.63, 3.8) is 0 Å². The third kappa shape index (κ3) is 5.52. The number of piperazine rings is 1. The predicted molar refractivity (Wildman–Crippen MR) is 121 cm³/mol. The molecular weight excluding hydrogens is 448 g/mol. The van der Waals surface area contributed by atoms with Crippen molar-refractivity contribution in [2.75, 3.05) is 36.8 Å². The Bertz CT molecular complexity index is 966. The van der Waals surface area contributed by atoms with E-state index in [0.29, 0.717) is 17.1 Å². The van der Waals surface area contributed by atoms with Gasteiger partial charge in [0.05, 0.1) is 5.56 Å². The van der Waals surface area contributed by atoms with E-state index in [2.05, 4.69) is 20.6 Å². The molecular formula is C21H24Cl2FN3O2S. The van der Waals surface area contributed by atoms with Gasteiger partial charge in [-0.15, -0.1) is 0 Å². The molecule has 0 saturated carbocycles. The maximum absolute atomic E-state index is 14.5. The fourth-order valence-corrected chi connectivity index (χ4v) is 4.15. The van der Waals surface area contributed by atoms with E-state index >= 15 is 0 Å². The first-order valence-corrected chi connectivity index (χ1v) is 11.8. The van der Waals surface area contributed by atoms with Crippen LogP contribution in [-0.2, 0) is 17.5 Å². The molecule has 1 N–H and O–H groups in total. The fourth-order valence-electron chi connectivity index (χ4n) is 3.34. The Balaban J connectivity index is 1.63. The summed E-state index contributed by atoms with van der Waals surface area (Å²) in [6, 6.07) is 8.61. The van der Waals surface area contributed by atoms with Crippen molar-refractivity contribution in [3.05, 3.63) is 62.9 Å². The summed E-state index contributed by atoms with van der Waals surface area (Å²) in [7, 11) is -1.54. The van der Waals surface area contributed by atoms with E-state index in [1.54, 1.807) is 6.92 Å². The van der Waals surface area contributed by atoms with Crippen LogP contribution in [0.15, 0.2) is 30.3 Å². The lowest BCUT2D eigenvalue weighted by atomic mass is 10.1. The number of amides is 1. The van der Waals surface area contributed by atoms with E-state index in [1.165, 1.54) is 12.1 Å². The summed E-state index contributed by atoms with van der Waals surface area (Å²) < 4.78 is 28.2. The first-order chi connectivity index (χ1) is 14.3. The molecule has 1 aliphatic heterocycles. The van der Waals surface area contributed by atoms with Crippen molar-refractivity contribution < 1.29 is 13.4 Å². The molecule has 1 saturated heterocycles. The van der Waals surface area contributed by atoms with Gasteiger partial charge in [-0.05, 0) is 48.4 Å². The Labute approximate surface area is 188 Å². The van der Waals surface area contributed by atoms with Crippen LogP contribution >= 0.6 is 23.2 Å². The lowest BCUT2D eigenvalue weighted by Gasteiger charge is -2.36. The molecule has 0 bridgehead atoms. The van der Waals surface area contributed by atoms with Gasteiger partial charge in [-0.25, -0.2) is 8.60 Å². The number of carbonyl (C=O) groups is 1. The number of rotatable bonds is 6. The van der Waals surface area contributed by atoms with Crippen molar-refractivity contribution >= 4 is 45.8 Å². The minimum Gasteiger partial charge on any atom is -0.369 e. The summed E-state index contributed by atoms with van der Waals surface area (Å²) >= 11 is 12.4. The summed E-state index contributed by atoms with van der Waals surface area (Å²) in [4.78, 5) is 16.6. The average molecular weight is 472 g/mol. The maximum Gasteiger partial charge on any atom is 0.265 e. The van der Waals surface area contributed by atoms with Gasteiger partial charge in [0, 0.05) is 54.2 Å².